The highest BCUT2D eigenvalue weighted by atomic mass is 16.5. The van der Waals surface area contributed by atoms with Crippen LogP contribution in [0.2, 0.25) is 0 Å². The Labute approximate surface area is 130 Å². The van der Waals surface area contributed by atoms with Gasteiger partial charge in [0.15, 0.2) is 0 Å². The third kappa shape index (κ3) is 2.96. The van der Waals surface area contributed by atoms with Crippen molar-refractivity contribution in [1.82, 2.24) is 14.5 Å². The summed E-state index contributed by atoms with van der Waals surface area (Å²) in [6, 6.07) is 3.98. The van der Waals surface area contributed by atoms with E-state index in [1.807, 2.05) is 18.5 Å². The van der Waals surface area contributed by atoms with Gasteiger partial charge in [-0.15, -0.1) is 0 Å². The van der Waals surface area contributed by atoms with Gasteiger partial charge in [-0.3, -0.25) is 4.90 Å². The van der Waals surface area contributed by atoms with Crippen LogP contribution in [0.5, 0.6) is 0 Å². The maximum atomic E-state index is 5.97. The molecule has 1 atom stereocenters. The van der Waals surface area contributed by atoms with Gasteiger partial charge in [-0.1, -0.05) is 0 Å². The molecule has 118 valence electrons. The Morgan fingerprint density at radius 1 is 1.36 bits per heavy atom. The lowest BCUT2D eigenvalue weighted by Crippen LogP contribution is -2.36. The first kappa shape index (κ1) is 14.0. The quantitative estimate of drug-likeness (QED) is 0.822. The van der Waals surface area contributed by atoms with Crippen molar-refractivity contribution in [1.29, 1.82) is 0 Å². The summed E-state index contributed by atoms with van der Waals surface area (Å²) in [5.41, 5.74) is 2.52. The zero-order chi connectivity index (χ0) is 14.9. The molecule has 2 aromatic heterocycles. The van der Waals surface area contributed by atoms with Crippen molar-refractivity contribution in [3.05, 3.63) is 41.9 Å². The summed E-state index contributed by atoms with van der Waals surface area (Å²) >= 11 is 0. The van der Waals surface area contributed by atoms with Crippen LogP contribution < -0.4 is 0 Å². The van der Waals surface area contributed by atoms with Crippen molar-refractivity contribution in [2.45, 2.75) is 31.8 Å². The van der Waals surface area contributed by atoms with E-state index in [9.17, 15) is 0 Å². The molecule has 1 saturated carbocycles. The predicted molar refractivity (Wildman–Crippen MR) is 82.3 cm³/mol. The summed E-state index contributed by atoms with van der Waals surface area (Å²) < 4.78 is 13.6. The molecule has 0 bridgehead atoms. The minimum Gasteiger partial charge on any atom is -0.468 e. The zero-order valence-corrected chi connectivity index (χ0v) is 13.1. The lowest BCUT2D eigenvalue weighted by Gasteiger charge is -2.32. The van der Waals surface area contributed by atoms with Gasteiger partial charge in [-0.2, -0.15) is 0 Å². The molecule has 0 amide bonds. The van der Waals surface area contributed by atoms with Crippen LogP contribution in [-0.2, 0) is 24.9 Å². The van der Waals surface area contributed by atoms with Gasteiger partial charge in [0.05, 0.1) is 31.4 Å². The second-order valence-corrected chi connectivity index (χ2v) is 6.61. The Bertz CT molecular complexity index is 616. The maximum absolute atomic E-state index is 5.97. The average molecular weight is 301 g/mol. The van der Waals surface area contributed by atoms with Crippen LogP contribution in [0.1, 0.15) is 35.9 Å². The van der Waals surface area contributed by atoms with Crippen LogP contribution in [0.3, 0.4) is 0 Å². The van der Waals surface area contributed by atoms with E-state index in [0.29, 0.717) is 5.92 Å². The SMILES string of the molecule is Cn1cnc2c1[C@@H](COCC1CC1)CN(Cc1ccco1)C2. The van der Waals surface area contributed by atoms with Crippen molar-refractivity contribution in [3.63, 3.8) is 0 Å². The van der Waals surface area contributed by atoms with Gasteiger partial charge >= 0.3 is 0 Å². The minimum atomic E-state index is 0.393. The molecule has 0 spiro atoms. The molecule has 0 radical (unpaired) electrons. The predicted octanol–water partition coefficient (Wildman–Crippen LogP) is 2.54. The number of hydrogen-bond donors (Lipinski definition) is 0. The standard InChI is InChI=1S/C17H23N3O2/c1-19-12-18-16-9-20(8-15-3-2-6-22-15)7-14(17(16)19)11-21-10-13-4-5-13/h2-3,6,12-14H,4-5,7-11H2,1H3/t14-/m1/s1. The molecule has 5 heteroatoms. The van der Waals surface area contributed by atoms with Gasteiger partial charge in [0, 0.05) is 38.4 Å². The smallest absolute Gasteiger partial charge is 0.117 e. The summed E-state index contributed by atoms with van der Waals surface area (Å²) in [4.78, 5) is 6.98. The lowest BCUT2D eigenvalue weighted by atomic mass is 9.99. The summed E-state index contributed by atoms with van der Waals surface area (Å²) in [5, 5.41) is 0. The van der Waals surface area contributed by atoms with Crippen LogP contribution in [0.15, 0.2) is 29.1 Å². The average Bonchev–Trinajstić information content (AvgIpc) is 3.04. The summed E-state index contributed by atoms with van der Waals surface area (Å²) in [7, 11) is 2.09. The van der Waals surface area contributed by atoms with Crippen LogP contribution in [0, 0.1) is 5.92 Å². The number of nitrogens with zero attached hydrogens (tertiary/aromatic N) is 3. The van der Waals surface area contributed by atoms with Gasteiger partial charge in [-0.05, 0) is 30.9 Å². The molecular formula is C17H23N3O2. The summed E-state index contributed by atoms with van der Waals surface area (Å²) in [6.45, 7) is 4.43. The number of aryl methyl sites for hydroxylation is 1. The fourth-order valence-electron chi connectivity index (χ4n) is 3.34. The largest absolute Gasteiger partial charge is 0.468 e. The van der Waals surface area contributed by atoms with Crippen molar-refractivity contribution < 1.29 is 9.15 Å². The summed E-state index contributed by atoms with van der Waals surface area (Å²) in [5.74, 6) is 2.22. The van der Waals surface area contributed by atoms with Crippen LogP contribution >= 0.6 is 0 Å². The van der Waals surface area contributed by atoms with E-state index < -0.39 is 0 Å². The Kier molecular flexibility index (Phi) is 3.76. The topological polar surface area (TPSA) is 43.4 Å². The van der Waals surface area contributed by atoms with Crippen LogP contribution in [0.4, 0.5) is 0 Å². The molecule has 2 aromatic rings. The molecule has 1 aliphatic heterocycles. The highest BCUT2D eigenvalue weighted by Crippen LogP contribution is 2.31. The normalized spacial score (nSPS) is 22.0. The number of fused-ring (bicyclic) bond motifs is 1. The van der Waals surface area contributed by atoms with Gasteiger partial charge in [0.2, 0.25) is 0 Å². The molecule has 1 fully saturated rings. The van der Waals surface area contributed by atoms with Crippen LogP contribution in [-0.4, -0.2) is 34.2 Å². The monoisotopic (exact) mass is 301 g/mol. The zero-order valence-electron chi connectivity index (χ0n) is 13.1. The molecule has 22 heavy (non-hydrogen) atoms. The molecule has 0 saturated heterocycles. The Hall–Kier alpha value is -1.59. The van der Waals surface area contributed by atoms with E-state index in [0.717, 1.165) is 44.5 Å². The van der Waals surface area contributed by atoms with Crippen molar-refractivity contribution in [3.8, 4) is 0 Å². The first-order chi connectivity index (χ1) is 10.8. The number of hydrogen-bond acceptors (Lipinski definition) is 4. The van der Waals surface area contributed by atoms with Crippen molar-refractivity contribution in [2.24, 2.45) is 13.0 Å². The number of ether oxygens (including phenoxy) is 1. The number of rotatable bonds is 6. The molecule has 0 unspecified atom stereocenters. The fourth-order valence-corrected chi connectivity index (χ4v) is 3.34. The number of imidazole rings is 1. The highest BCUT2D eigenvalue weighted by molar-refractivity contribution is 5.22. The number of aromatic nitrogens is 2. The first-order valence-corrected chi connectivity index (χ1v) is 8.12. The van der Waals surface area contributed by atoms with E-state index in [1.54, 1.807) is 6.26 Å². The van der Waals surface area contributed by atoms with Gasteiger partial charge in [0.25, 0.3) is 0 Å². The fraction of sp³-hybridized carbons (Fsp3) is 0.588. The maximum Gasteiger partial charge on any atom is 0.117 e. The van der Waals surface area contributed by atoms with E-state index in [1.165, 1.54) is 24.2 Å². The van der Waals surface area contributed by atoms with Crippen molar-refractivity contribution >= 4 is 0 Å². The number of furan rings is 1. The Morgan fingerprint density at radius 3 is 3.05 bits per heavy atom. The molecule has 4 rings (SSSR count). The van der Waals surface area contributed by atoms with Gasteiger partial charge < -0.3 is 13.7 Å². The second-order valence-electron chi connectivity index (χ2n) is 6.61. The molecular weight excluding hydrogens is 278 g/mol. The van der Waals surface area contributed by atoms with E-state index >= 15 is 0 Å². The molecule has 3 heterocycles. The Morgan fingerprint density at radius 2 is 2.27 bits per heavy atom. The first-order valence-electron chi connectivity index (χ1n) is 8.12. The minimum absolute atomic E-state index is 0.393. The van der Waals surface area contributed by atoms with Crippen LogP contribution in [0.25, 0.3) is 0 Å². The summed E-state index contributed by atoms with van der Waals surface area (Å²) in [6.07, 6.45) is 6.34. The highest BCUT2D eigenvalue weighted by Gasteiger charge is 2.30. The van der Waals surface area contributed by atoms with E-state index in [2.05, 4.69) is 21.5 Å². The van der Waals surface area contributed by atoms with E-state index in [4.69, 9.17) is 9.15 Å². The molecule has 2 aliphatic rings. The second kappa shape index (κ2) is 5.89. The Balaban J connectivity index is 1.46. The van der Waals surface area contributed by atoms with Gasteiger partial charge in [0.1, 0.15) is 5.76 Å². The third-order valence-electron chi connectivity index (χ3n) is 4.63. The van der Waals surface area contributed by atoms with Gasteiger partial charge in [-0.25, -0.2) is 4.98 Å². The van der Waals surface area contributed by atoms with E-state index in [-0.39, 0.29) is 0 Å². The third-order valence-corrected chi connectivity index (χ3v) is 4.63. The molecule has 5 nitrogen and oxygen atoms in total. The van der Waals surface area contributed by atoms with Crippen molar-refractivity contribution in [2.75, 3.05) is 19.8 Å². The molecule has 0 aromatic carbocycles. The lowest BCUT2D eigenvalue weighted by molar-refractivity contribution is 0.0851. The molecule has 1 aliphatic carbocycles. The molecule has 0 N–H and O–H groups in total.